The maximum Gasteiger partial charge on any atom is 0.119 e. The molecular weight excluding hydrogens is 412 g/mol. The first-order chi connectivity index (χ1) is 16.4. The van der Waals surface area contributed by atoms with Crippen molar-refractivity contribution in [3.05, 3.63) is 75.7 Å². The molecule has 1 saturated carbocycles. The highest BCUT2D eigenvalue weighted by molar-refractivity contribution is 5.46. The summed E-state index contributed by atoms with van der Waals surface area (Å²) in [4.78, 5) is 0. The molecule has 34 heavy (non-hydrogen) atoms. The molecule has 1 aliphatic rings. The molecule has 0 heterocycles. The summed E-state index contributed by atoms with van der Waals surface area (Å²) in [5.41, 5.74) is 5.17. The monoisotopic (exact) mass is 458 g/mol. The van der Waals surface area contributed by atoms with Crippen LogP contribution in [0.1, 0.15) is 114 Å². The van der Waals surface area contributed by atoms with Crippen LogP contribution in [0.4, 0.5) is 0 Å². The molecule has 2 aromatic rings. The minimum Gasteiger partial charge on any atom is -0.508 e. The predicted octanol–water partition coefficient (Wildman–Crippen LogP) is 8.14. The number of allylic oxidation sites excluding steroid dienone is 1. The van der Waals surface area contributed by atoms with Gasteiger partial charge >= 0.3 is 0 Å². The van der Waals surface area contributed by atoms with Gasteiger partial charge in [-0.3, -0.25) is 0 Å². The molecule has 1 aliphatic carbocycles. The highest BCUT2D eigenvalue weighted by Gasteiger charge is 2.21. The van der Waals surface area contributed by atoms with Crippen molar-refractivity contribution < 1.29 is 5.11 Å². The molecule has 2 aromatic carbocycles. The number of hydrogen-bond acceptors (Lipinski definition) is 1. The van der Waals surface area contributed by atoms with Crippen molar-refractivity contribution in [1.82, 2.24) is 0 Å². The smallest absolute Gasteiger partial charge is 0.119 e. The Morgan fingerprint density at radius 2 is 1.76 bits per heavy atom. The fourth-order valence-electron chi connectivity index (χ4n) is 5.68. The van der Waals surface area contributed by atoms with Crippen molar-refractivity contribution in [3.63, 3.8) is 0 Å². The van der Waals surface area contributed by atoms with Gasteiger partial charge in [-0.2, -0.15) is 0 Å². The Morgan fingerprint density at radius 1 is 1.06 bits per heavy atom. The van der Waals surface area contributed by atoms with Crippen LogP contribution in [0.15, 0.2) is 48.6 Å². The summed E-state index contributed by atoms with van der Waals surface area (Å²) >= 11 is 0. The van der Waals surface area contributed by atoms with E-state index >= 15 is 0 Å². The first-order valence-electron chi connectivity index (χ1n) is 13.7. The Labute approximate surface area is 208 Å². The van der Waals surface area contributed by atoms with E-state index in [2.05, 4.69) is 70.7 Å². The molecule has 2 unspecified atom stereocenters. The molecule has 0 bridgehead atoms. The van der Waals surface area contributed by atoms with E-state index in [1.807, 2.05) is 12.1 Å². The lowest BCUT2D eigenvalue weighted by Gasteiger charge is -2.16. The molecule has 1 N–H and O–H groups in total. The van der Waals surface area contributed by atoms with Crippen LogP contribution >= 0.6 is 0 Å². The molecule has 0 radical (unpaired) electrons. The van der Waals surface area contributed by atoms with E-state index < -0.39 is 0 Å². The molecule has 184 valence electrons. The van der Waals surface area contributed by atoms with Gasteiger partial charge in [-0.1, -0.05) is 108 Å². The van der Waals surface area contributed by atoms with Crippen molar-refractivity contribution in [2.45, 2.75) is 104 Å². The molecule has 0 aliphatic heterocycles. The average Bonchev–Trinajstić information content (AvgIpc) is 3.37. The molecule has 3 rings (SSSR count). The number of phenolic OH excluding ortho intramolecular Hbond substituents is 1. The highest BCUT2D eigenvalue weighted by atomic mass is 16.3. The van der Waals surface area contributed by atoms with Crippen molar-refractivity contribution in [2.24, 2.45) is 5.92 Å². The lowest BCUT2D eigenvalue weighted by molar-refractivity contribution is 0.459. The van der Waals surface area contributed by atoms with E-state index in [1.165, 1.54) is 84.9 Å². The van der Waals surface area contributed by atoms with E-state index in [0.717, 1.165) is 17.9 Å². The molecule has 0 saturated heterocycles. The molecule has 2 atom stereocenters. The molecule has 1 heteroatoms. The van der Waals surface area contributed by atoms with Crippen molar-refractivity contribution in [3.8, 4) is 5.75 Å². The number of benzene rings is 2. The lowest BCUT2D eigenvalue weighted by atomic mass is 9.89. The van der Waals surface area contributed by atoms with Crippen LogP contribution < -0.4 is 10.4 Å². The van der Waals surface area contributed by atoms with Gasteiger partial charge in [0.25, 0.3) is 0 Å². The number of aryl methyl sites for hydroxylation is 1. The van der Waals surface area contributed by atoms with Gasteiger partial charge in [0.1, 0.15) is 5.75 Å². The molecule has 1 fully saturated rings. The zero-order valence-electron chi connectivity index (χ0n) is 22.1. The second-order valence-corrected chi connectivity index (χ2v) is 10.6. The number of hydrogen-bond donors (Lipinski definition) is 1. The zero-order chi connectivity index (χ0) is 24.5. The van der Waals surface area contributed by atoms with E-state index in [0.29, 0.717) is 17.6 Å². The third-order valence-electron chi connectivity index (χ3n) is 7.98. The van der Waals surface area contributed by atoms with Gasteiger partial charge in [0, 0.05) is 11.5 Å². The van der Waals surface area contributed by atoms with Crippen LogP contribution in [0.3, 0.4) is 0 Å². The summed E-state index contributed by atoms with van der Waals surface area (Å²) in [5, 5.41) is 13.2. The Kier molecular flexibility index (Phi) is 10.1. The van der Waals surface area contributed by atoms with Crippen LogP contribution in [-0.4, -0.2) is 5.11 Å². The van der Waals surface area contributed by atoms with Gasteiger partial charge in [-0.15, -0.1) is 0 Å². The quantitative estimate of drug-likeness (QED) is 0.337. The fraction of sp³-hybridized carbons (Fsp3) is 0.515. The normalized spacial score (nSPS) is 17.3. The maximum atomic E-state index is 10.7. The van der Waals surface area contributed by atoms with E-state index in [9.17, 15) is 5.11 Å². The van der Waals surface area contributed by atoms with Crippen LogP contribution in [0, 0.1) is 5.92 Å². The summed E-state index contributed by atoms with van der Waals surface area (Å²) < 4.78 is 0. The Hall–Kier alpha value is -2.28. The number of aromatic hydroxyl groups is 1. The zero-order valence-corrected chi connectivity index (χ0v) is 22.1. The summed E-state index contributed by atoms with van der Waals surface area (Å²) in [6.07, 6.45) is 16.6. The van der Waals surface area contributed by atoms with Crippen LogP contribution in [0.5, 0.6) is 5.75 Å². The Morgan fingerprint density at radius 3 is 2.41 bits per heavy atom. The van der Waals surface area contributed by atoms with Gasteiger partial charge in [0.2, 0.25) is 0 Å². The van der Waals surface area contributed by atoms with Gasteiger partial charge in [-0.05, 0) is 78.5 Å². The third-order valence-corrected chi connectivity index (χ3v) is 7.98. The van der Waals surface area contributed by atoms with Gasteiger partial charge in [-0.25, -0.2) is 0 Å². The van der Waals surface area contributed by atoms with Crippen molar-refractivity contribution in [2.75, 3.05) is 0 Å². The first-order valence-corrected chi connectivity index (χ1v) is 13.7. The largest absolute Gasteiger partial charge is 0.508 e. The standard InChI is InChI=1S/C33H46O/c1-6-11-24(3)12-10-13-27-17-19-29(20-18-27)26(5)25(4)16-22-31-28(7-2)21-23-32(34)33(31)30-14-8-9-15-30/h7,17-24,26,30,34H,4,6,8-16H2,1-3,5H3. The lowest BCUT2D eigenvalue weighted by Crippen LogP contribution is -2.29. The minimum absolute atomic E-state index is 0.316. The van der Waals surface area contributed by atoms with Crippen molar-refractivity contribution in [1.29, 1.82) is 0 Å². The Bertz CT molecular complexity index is 1040. The van der Waals surface area contributed by atoms with Crippen LogP contribution in [-0.2, 0) is 6.42 Å². The van der Waals surface area contributed by atoms with Crippen LogP contribution in [0.2, 0.25) is 0 Å². The fourth-order valence-corrected chi connectivity index (χ4v) is 5.68. The van der Waals surface area contributed by atoms with Gasteiger partial charge in [0.05, 0.1) is 0 Å². The minimum atomic E-state index is 0.316. The predicted molar refractivity (Wildman–Crippen MR) is 149 cm³/mol. The average molecular weight is 459 g/mol. The van der Waals surface area contributed by atoms with Crippen molar-refractivity contribution >= 4 is 12.2 Å². The first kappa shape index (κ1) is 26.3. The second-order valence-electron chi connectivity index (χ2n) is 10.6. The third kappa shape index (κ3) is 6.87. The van der Waals surface area contributed by atoms with E-state index in [4.69, 9.17) is 0 Å². The second kappa shape index (κ2) is 13.0. The molecule has 0 aromatic heterocycles. The topological polar surface area (TPSA) is 20.2 Å². The molecule has 0 amide bonds. The summed E-state index contributed by atoms with van der Waals surface area (Å²) in [5.74, 6) is 2.10. The van der Waals surface area contributed by atoms with E-state index in [1.54, 1.807) is 0 Å². The van der Waals surface area contributed by atoms with E-state index in [-0.39, 0.29) is 0 Å². The number of phenols is 1. The van der Waals surface area contributed by atoms with Gasteiger partial charge < -0.3 is 5.11 Å². The van der Waals surface area contributed by atoms with Gasteiger partial charge in [0.15, 0.2) is 0 Å². The highest BCUT2D eigenvalue weighted by Crippen LogP contribution is 2.36. The van der Waals surface area contributed by atoms with Crippen LogP contribution in [0.25, 0.3) is 12.2 Å². The number of rotatable bonds is 11. The molecule has 1 nitrogen and oxygen atoms in total. The summed E-state index contributed by atoms with van der Waals surface area (Å²) in [6.45, 7) is 13.5. The molecular formula is C33H46O. The Balaban J connectivity index is 1.69. The maximum absolute atomic E-state index is 10.7. The summed E-state index contributed by atoms with van der Waals surface area (Å²) in [7, 11) is 0. The summed E-state index contributed by atoms with van der Waals surface area (Å²) in [6, 6.07) is 13.1. The molecule has 0 spiro atoms. The SMILES string of the molecule is C=C(CC=c1c(C2CCCC2)c(O)ccc1=CC)C(C)c1ccc(CCCC(C)CCC)cc1.